The molecule has 11 heteroatoms. The van der Waals surface area contributed by atoms with Gasteiger partial charge in [0.1, 0.15) is 11.5 Å². The maximum Gasteiger partial charge on any atom is 0.351 e. The molecule has 0 radical (unpaired) electrons. The number of halogens is 2. The van der Waals surface area contributed by atoms with Gasteiger partial charge in [0.05, 0.1) is 22.3 Å². The lowest BCUT2D eigenvalue weighted by atomic mass is 10.2. The number of nitrogens with one attached hydrogen (secondary N) is 1. The van der Waals surface area contributed by atoms with Crippen molar-refractivity contribution < 1.29 is 0 Å². The van der Waals surface area contributed by atoms with E-state index in [0.29, 0.717) is 40.3 Å². The molecule has 5 rings (SSSR count). The van der Waals surface area contributed by atoms with Crippen LogP contribution in [0.15, 0.2) is 65.6 Å². The molecular formula is C24H22Cl2N8O. The summed E-state index contributed by atoms with van der Waals surface area (Å²) in [6.07, 6.45) is 4.52. The van der Waals surface area contributed by atoms with Crippen LogP contribution in [-0.4, -0.2) is 39.5 Å². The molecule has 0 saturated heterocycles. The Hall–Kier alpha value is -3.69. The fourth-order valence-corrected chi connectivity index (χ4v) is 4.52. The average Bonchev–Trinajstić information content (AvgIpc) is 3.61. The molecule has 0 spiro atoms. The highest BCUT2D eigenvalue weighted by Gasteiger charge is 2.19. The third-order valence-corrected chi connectivity index (χ3v) is 6.34. The molecule has 0 unspecified atom stereocenters. The highest BCUT2D eigenvalue weighted by atomic mass is 35.5. The second-order valence-corrected chi connectivity index (χ2v) is 8.86. The van der Waals surface area contributed by atoms with Crippen molar-refractivity contribution >= 4 is 23.2 Å². The van der Waals surface area contributed by atoms with E-state index in [9.17, 15) is 4.79 Å². The van der Waals surface area contributed by atoms with Crippen LogP contribution in [0.1, 0.15) is 31.2 Å². The molecule has 0 aliphatic carbocycles. The zero-order valence-electron chi connectivity index (χ0n) is 18.9. The lowest BCUT2D eigenvalue weighted by molar-refractivity contribution is 0.666. The monoisotopic (exact) mass is 508 g/mol. The maximum atomic E-state index is 13.4. The second kappa shape index (κ2) is 9.89. The molecule has 9 nitrogen and oxygen atoms in total. The van der Waals surface area contributed by atoms with Gasteiger partial charge in [0.15, 0.2) is 5.82 Å². The maximum absolute atomic E-state index is 13.4. The molecular weight excluding hydrogens is 487 g/mol. The van der Waals surface area contributed by atoms with Gasteiger partial charge in [-0.15, -0.1) is 10.2 Å². The smallest absolute Gasteiger partial charge is 0.314 e. The van der Waals surface area contributed by atoms with Gasteiger partial charge in [-0.05, 0) is 58.8 Å². The number of aromatic amines is 1. The third kappa shape index (κ3) is 4.52. The predicted octanol–water partition coefficient (Wildman–Crippen LogP) is 4.70. The van der Waals surface area contributed by atoms with E-state index < -0.39 is 0 Å². The summed E-state index contributed by atoms with van der Waals surface area (Å²) in [5.41, 5.74) is 2.88. The fraction of sp³-hybridized carbons (Fsp3) is 0.208. The minimum atomic E-state index is -0.277. The number of para-hydroxylation sites is 1. The lowest BCUT2D eigenvalue weighted by Gasteiger charge is -2.09. The van der Waals surface area contributed by atoms with Crippen molar-refractivity contribution in [3.63, 3.8) is 0 Å². The fourth-order valence-electron chi connectivity index (χ4n) is 3.96. The summed E-state index contributed by atoms with van der Waals surface area (Å²) in [7, 11) is 0. The number of nitrogens with zero attached hydrogens (tertiary/aromatic N) is 7. The minimum Gasteiger partial charge on any atom is -0.314 e. The van der Waals surface area contributed by atoms with E-state index >= 15 is 0 Å². The Bertz CT molecular complexity index is 1480. The Morgan fingerprint density at radius 2 is 1.77 bits per heavy atom. The van der Waals surface area contributed by atoms with Crippen molar-refractivity contribution in [3.05, 3.63) is 92.7 Å². The van der Waals surface area contributed by atoms with Gasteiger partial charge in [-0.1, -0.05) is 54.7 Å². The molecule has 5 aromatic rings. The van der Waals surface area contributed by atoms with E-state index in [2.05, 4.69) is 32.6 Å². The van der Waals surface area contributed by atoms with Crippen LogP contribution in [0.3, 0.4) is 0 Å². The number of unbranched alkanes of at least 4 members (excludes halogenated alkanes) is 1. The number of hydrogen-bond donors (Lipinski definition) is 1. The SMILES string of the molecule is CCCCc1nn(-c2c(Cl)cccc2Cl)c(=O)n1Cc1ccc(-n2cccc2-c2nnn[nH]2)cc1. The van der Waals surface area contributed by atoms with Crippen molar-refractivity contribution in [2.45, 2.75) is 32.7 Å². The van der Waals surface area contributed by atoms with Crippen molar-refractivity contribution in [1.82, 2.24) is 39.5 Å². The van der Waals surface area contributed by atoms with Gasteiger partial charge in [0.2, 0.25) is 0 Å². The summed E-state index contributed by atoms with van der Waals surface area (Å²) in [5, 5.41) is 19.5. The predicted molar refractivity (Wildman–Crippen MR) is 134 cm³/mol. The highest BCUT2D eigenvalue weighted by Crippen LogP contribution is 2.27. The van der Waals surface area contributed by atoms with Crippen LogP contribution >= 0.6 is 23.2 Å². The van der Waals surface area contributed by atoms with E-state index in [1.807, 2.05) is 47.2 Å². The average molecular weight is 509 g/mol. The van der Waals surface area contributed by atoms with E-state index in [4.69, 9.17) is 23.2 Å². The number of aromatic nitrogens is 8. The van der Waals surface area contributed by atoms with Crippen molar-refractivity contribution in [1.29, 1.82) is 0 Å². The Kier molecular flexibility index (Phi) is 6.52. The third-order valence-electron chi connectivity index (χ3n) is 5.73. The Morgan fingerprint density at radius 3 is 2.46 bits per heavy atom. The van der Waals surface area contributed by atoms with Gasteiger partial charge in [0, 0.05) is 18.3 Å². The first-order chi connectivity index (χ1) is 17.1. The topological polar surface area (TPSA) is 99.2 Å². The van der Waals surface area contributed by atoms with E-state index in [-0.39, 0.29) is 5.69 Å². The van der Waals surface area contributed by atoms with Crippen molar-refractivity contribution in [2.24, 2.45) is 0 Å². The molecule has 0 atom stereocenters. The Labute approximate surface area is 210 Å². The standard InChI is InChI=1S/C24H22Cl2N8O/c1-2-3-9-21-29-34(22-18(25)6-4-7-19(22)26)24(35)33(21)15-16-10-12-17(13-11-16)32-14-5-8-20(32)23-27-30-31-28-23/h4-8,10-14H,2-3,9,15H2,1H3,(H,27,28,30,31). The summed E-state index contributed by atoms with van der Waals surface area (Å²) in [4.78, 5) is 13.4. The van der Waals surface area contributed by atoms with Crippen LogP contribution < -0.4 is 5.69 Å². The summed E-state index contributed by atoms with van der Waals surface area (Å²) in [6.45, 7) is 2.48. The number of hydrogen-bond acceptors (Lipinski definition) is 5. The van der Waals surface area contributed by atoms with Gasteiger partial charge in [-0.2, -0.15) is 4.68 Å². The first kappa shape index (κ1) is 23.1. The summed E-state index contributed by atoms with van der Waals surface area (Å²) in [5.74, 6) is 1.28. The quantitative estimate of drug-likeness (QED) is 0.327. The first-order valence-electron chi connectivity index (χ1n) is 11.2. The Balaban J connectivity index is 1.48. The second-order valence-electron chi connectivity index (χ2n) is 8.05. The van der Waals surface area contributed by atoms with Crippen molar-refractivity contribution in [2.75, 3.05) is 0 Å². The molecule has 3 aromatic heterocycles. The molecule has 3 heterocycles. The molecule has 0 aliphatic rings. The molecule has 0 bridgehead atoms. The molecule has 178 valence electrons. The molecule has 0 fully saturated rings. The van der Waals surface area contributed by atoms with E-state index in [0.717, 1.165) is 29.8 Å². The summed E-state index contributed by atoms with van der Waals surface area (Å²) >= 11 is 12.7. The zero-order valence-corrected chi connectivity index (χ0v) is 20.4. The zero-order chi connectivity index (χ0) is 24.4. The molecule has 0 saturated carbocycles. The van der Waals surface area contributed by atoms with E-state index in [1.165, 1.54) is 4.68 Å². The molecule has 1 N–H and O–H groups in total. The largest absolute Gasteiger partial charge is 0.351 e. The first-order valence-corrected chi connectivity index (χ1v) is 12.0. The van der Waals surface area contributed by atoms with E-state index in [1.54, 1.807) is 22.8 Å². The molecule has 2 aromatic carbocycles. The number of tetrazole rings is 1. The van der Waals surface area contributed by atoms with Crippen LogP contribution in [0.25, 0.3) is 22.9 Å². The molecule has 35 heavy (non-hydrogen) atoms. The molecule has 0 amide bonds. The number of aryl methyl sites for hydroxylation is 1. The van der Waals surface area contributed by atoms with Gasteiger partial charge in [0.25, 0.3) is 0 Å². The lowest BCUT2D eigenvalue weighted by Crippen LogP contribution is -2.25. The van der Waals surface area contributed by atoms with Gasteiger partial charge in [-0.3, -0.25) is 4.57 Å². The Morgan fingerprint density at radius 1 is 1.00 bits per heavy atom. The van der Waals surface area contributed by atoms with Crippen LogP contribution in [-0.2, 0) is 13.0 Å². The summed E-state index contributed by atoms with van der Waals surface area (Å²) in [6, 6.07) is 17.0. The normalized spacial score (nSPS) is 11.3. The highest BCUT2D eigenvalue weighted by molar-refractivity contribution is 6.37. The van der Waals surface area contributed by atoms with Crippen LogP contribution in [0.5, 0.6) is 0 Å². The summed E-state index contributed by atoms with van der Waals surface area (Å²) < 4.78 is 4.98. The minimum absolute atomic E-state index is 0.277. The number of H-pyrrole nitrogens is 1. The molecule has 0 aliphatic heterocycles. The van der Waals surface area contributed by atoms with Gasteiger partial charge in [-0.25, -0.2) is 9.89 Å². The van der Waals surface area contributed by atoms with Crippen LogP contribution in [0, 0.1) is 0 Å². The number of rotatable bonds is 8. The van der Waals surface area contributed by atoms with Crippen LogP contribution in [0.4, 0.5) is 0 Å². The van der Waals surface area contributed by atoms with Crippen molar-refractivity contribution in [3.8, 4) is 22.9 Å². The van der Waals surface area contributed by atoms with Crippen LogP contribution in [0.2, 0.25) is 10.0 Å². The van der Waals surface area contributed by atoms with Gasteiger partial charge >= 0.3 is 5.69 Å². The van der Waals surface area contributed by atoms with Gasteiger partial charge < -0.3 is 4.57 Å². The number of benzene rings is 2.